The van der Waals surface area contributed by atoms with Gasteiger partial charge >= 0.3 is 5.97 Å². The third-order valence-electron chi connectivity index (χ3n) is 6.32. The Kier molecular flexibility index (Phi) is 8.06. The number of pyridine rings is 1. The Balaban J connectivity index is 1.60. The summed E-state index contributed by atoms with van der Waals surface area (Å²) in [4.78, 5) is 39.4. The Labute approximate surface area is 220 Å². The van der Waals surface area contributed by atoms with Gasteiger partial charge in [0.1, 0.15) is 11.4 Å². The van der Waals surface area contributed by atoms with Crippen LogP contribution in [-0.4, -0.2) is 53.9 Å². The van der Waals surface area contributed by atoms with Gasteiger partial charge in [0, 0.05) is 42.3 Å². The van der Waals surface area contributed by atoms with Crippen LogP contribution in [0.5, 0.6) is 5.75 Å². The van der Waals surface area contributed by atoms with Gasteiger partial charge in [-0.3, -0.25) is 14.2 Å². The second kappa shape index (κ2) is 11.6. The van der Waals surface area contributed by atoms with Crippen molar-refractivity contribution in [1.29, 1.82) is 0 Å². The molecular formula is C29H30N4O5. The van der Waals surface area contributed by atoms with Gasteiger partial charge in [0.2, 0.25) is 0 Å². The van der Waals surface area contributed by atoms with Crippen LogP contribution in [0.1, 0.15) is 39.0 Å². The van der Waals surface area contributed by atoms with Gasteiger partial charge in [0.25, 0.3) is 5.56 Å². The summed E-state index contributed by atoms with van der Waals surface area (Å²) in [6.07, 6.45) is 2.84. The van der Waals surface area contributed by atoms with Crippen LogP contribution in [0.25, 0.3) is 11.4 Å². The van der Waals surface area contributed by atoms with Crippen molar-refractivity contribution in [2.24, 2.45) is 0 Å². The van der Waals surface area contributed by atoms with Crippen molar-refractivity contribution in [1.82, 2.24) is 14.3 Å². The molecule has 0 aliphatic heterocycles. The first kappa shape index (κ1) is 26.4. The molecule has 0 saturated heterocycles. The van der Waals surface area contributed by atoms with Crippen molar-refractivity contribution in [3.05, 3.63) is 99.7 Å². The highest BCUT2D eigenvalue weighted by Gasteiger charge is 2.25. The number of nitrogens with zero attached hydrogens (tertiary/aromatic N) is 4. The summed E-state index contributed by atoms with van der Waals surface area (Å²) < 4.78 is 13.5. The zero-order chi connectivity index (χ0) is 27.2. The minimum Gasteiger partial charge on any atom is -0.497 e. The Morgan fingerprint density at radius 2 is 1.74 bits per heavy atom. The summed E-state index contributed by atoms with van der Waals surface area (Å²) in [7, 11) is 3.50. The summed E-state index contributed by atoms with van der Waals surface area (Å²) in [5, 5.41) is 4.46. The van der Waals surface area contributed by atoms with Crippen LogP contribution in [0.4, 0.5) is 5.69 Å². The molecule has 9 heteroatoms. The molecule has 2 aromatic heterocycles. The van der Waals surface area contributed by atoms with Crippen LogP contribution in [0.15, 0.2) is 71.7 Å². The molecule has 0 aliphatic rings. The summed E-state index contributed by atoms with van der Waals surface area (Å²) in [6, 6.07) is 18.3. The van der Waals surface area contributed by atoms with Crippen molar-refractivity contribution in [2.75, 3.05) is 32.2 Å². The first-order valence-corrected chi connectivity index (χ1v) is 12.3. The molecule has 196 valence electrons. The number of rotatable bonds is 10. The molecule has 0 spiro atoms. The maximum Gasteiger partial charge on any atom is 0.359 e. The van der Waals surface area contributed by atoms with E-state index in [1.807, 2.05) is 42.3 Å². The maximum atomic E-state index is 12.7. The number of ether oxygens (including phenoxy) is 2. The van der Waals surface area contributed by atoms with E-state index in [9.17, 15) is 14.4 Å². The summed E-state index contributed by atoms with van der Waals surface area (Å²) in [5.41, 5.74) is 3.85. The molecule has 2 aromatic carbocycles. The molecule has 0 saturated carbocycles. The zero-order valence-corrected chi connectivity index (χ0v) is 21.9. The lowest BCUT2D eigenvalue weighted by Gasteiger charge is -2.20. The lowest BCUT2D eigenvalue weighted by Crippen LogP contribution is -2.22. The molecular weight excluding hydrogens is 484 g/mol. The fraction of sp³-hybridized carbons (Fsp3) is 0.241. The van der Waals surface area contributed by atoms with Gasteiger partial charge in [-0.25, -0.2) is 9.48 Å². The highest BCUT2D eigenvalue weighted by molar-refractivity contribution is 5.92. The fourth-order valence-corrected chi connectivity index (χ4v) is 4.20. The van der Waals surface area contributed by atoms with Crippen molar-refractivity contribution in [2.45, 2.75) is 20.3 Å². The van der Waals surface area contributed by atoms with Crippen molar-refractivity contribution >= 4 is 17.9 Å². The molecule has 0 amide bonds. The molecule has 0 unspecified atom stereocenters. The molecule has 9 nitrogen and oxygen atoms in total. The number of aldehydes is 1. The Hall–Kier alpha value is -4.66. The number of likely N-dealkylation sites (N-methyl/N-ethyl adjacent to an activating group) is 1. The van der Waals surface area contributed by atoms with Gasteiger partial charge in [-0.1, -0.05) is 6.07 Å². The van der Waals surface area contributed by atoms with E-state index in [2.05, 4.69) is 5.10 Å². The maximum absolute atomic E-state index is 12.7. The Morgan fingerprint density at radius 1 is 1.05 bits per heavy atom. The van der Waals surface area contributed by atoms with Gasteiger partial charge in [0.15, 0.2) is 12.0 Å². The third-order valence-corrected chi connectivity index (χ3v) is 6.32. The average Bonchev–Trinajstić information content (AvgIpc) is 3.32. The van der Waals surface area contributed by atoms with Crippen LogP contribution in [0.2, 0.25) is 0 Å². The number of anilines is 1. The van der Waals surface area contributed by atoms with Gasteiger partial charge in [0.05, 0.1) is 19.4 Å². The van der Waals surface area contributed by atoms with Crippen molar-refractivity contribution in [3.8, 4) is 17.1 Å². The van der Waals surface area contributed by atoms with Crippen LogP contribution < -0.4 is 15.2 Å². The predicted molar refractivity (Wildman–Crippen MR) is 145 cm³/mol. The van der Waals surface area contributed by atoms with Gasteiger partial charge in [-0.2, -0.15) is 5.10 Å². The molecule has 38 heavy (non-hydrogen) atoms. The van der Waals surface area contributed by atoms with Gasteiger partial charge in [-0.15, -0.1) is 0 Å². The molecule has 4 aromatic rings. The van der Waals surface area contributed by atoms with E-state index in [1.54, 1.807) is 62.1 Å². The number of carbonyl (C=O) groups excluding carboxylic acids is 2. The van der Waals surface area contributed by atoms with E-state index >= 15 is 0 Å². The van der Waals surface area contributed by atoms with E-state index in [-0.39, 0.29) is 17.9 Å². The predicted octanol–water partition coefficient (Wildman–Crippen LogP) is 4.01. The molecule has 0 N–H and O–H groups in total. The first-order valence-electron chi connectivity index (χ1n) is 12.3. The highest BCUT2D eigenvalue weighted by Crippen LogP contribution is 2.23. The summed E-state index contributed by atoms with van der Waals surface area (Å²) >= 11 is 0. The summed E-state index contributed by atoms with van der Waals surface area (Å²) in [5.74, 6) is 0.0905. The van der Waals surface area contributed by atoms with E-state index in [1.165, 1.54) is 4.68 Å². The van der Waals surface area contributed by atoms with E-state index in [4.69, 9.17) is 9.47 Å². The van der Waals surface area contributed by atoms with Crippen molar-refractivity contribution in [3.63, 3.8) is 0 Å². The number of aryl methyl sites for hydroxylation is 1. The molecule has 2 heterocycles. The van der Waals surface area contributed by atoms with Crippen LogP contribution in [0, 0.1) is 6.92 Å². The van der Waals surface area contributed by atoms with Crippen LogP contribution >= 0.6 is 0 Å². The molecule has 0 fully saturated rings. The normalized spacial score (nSPS) is 10.7. The standard InChI is InChI=1S/C29H30N4O5/c1-5-38-29(36)27-25(26(19-34)33(30-27)23-12-14-24(37-4)15-13-23)16-18-31(3)21-8-10-22(11-9-21)32-17-6-7-20(2)28(32)35/h6-15,17,19H,5,16,18H2,1-4H3. The van der Waals surface area contributed by atoms with E-state index in [0.29, 0.717) is 47.5 Å². The molecule has 0 atom stereocenters. The number of carbonyl (C=O) groups is 2. The number of methoxy groups -OCH3 is 1. The lowest BCUT2D eigenvalue weighted by atomic mass is 10.1. The quantitative estimate of drug-likeness (QED) is 0.233. The minimum absolute atomic E-state index is 0.0598. The monoisotopic (exact) mass is 514 g/mol. The molecule has 4 rings (SSSR count). The lowest BCUT2D eigenvalue weighted by molar-refractivity contribution is 0.0517. The second-order valence-corrected chi connectivity index (χ2v) is 8.71. The third kappa shape index (κ3) is 5.36. The average molecular weight is 515 g/mol. The molecule has 0 aliphatic carbocycles. The Morgan fingerprint density at radius 3 is 2.37 bits per heavy atom. The number of hydrogen-bond donors (Lipinski definition) is 0. The highest BCUT2D eigenvalue weighted by atomic mass is 16.5. The smallest absolute Gasteiger partial charge is 0.359 e. The Bertz CT molecular complexity index is 1490. The zero-order valence-electron chi connectivity index (χ0n) is 21.9. The van der Waals surface area contributed by atoms with Gasteiger partial charge in [-0.05, 0) is 74.9 Å². The largest absolute Gasteiger partial charge is 0.497 e. The topological polar surface area (TPSA) is 95.7 Å². The van der Waals surface area contributed by atoms with E-state index in [0.717, 1.165) is 11.4 Å². The molecule has 0 bridgehead atoms. The second-order valence-electron chi connectivity index (χ2n) is 8.71. The summed E-state index contributed by atoms with van der Waals surface area (Å²) in [6.45, 7) is 4.21. The number of esters is 1. The van der Waals surface area contributed by atoms with Crippen LogP contribution in [0.3, 0.4) is 0 Å². The van der Waals surface area contributed by atoms with E-state index < -0.39 is 5.97 Å². The first-order chi connectivity index (χ1) is 18.4. The fourth-order valence-electron chi connectivity index (χ4n) is 4.20. The SMILES string of the molecule is CCOC(=O)c1nn(-c2ccc(OC)cc2)c(C=O)c1CCN(C)c1ccc(-n2cccc(C)c2=O)cc1. The number of aromatic nitrogens is 3. The van der Waals surface area contributed by atoms with Gasteiger partial charge < -0.3 is 14.4 Å². The number of hydrogen-bond acceptors (Lipinski definition) is 7. The number of benzene rings is 2. The van der Waals surface area contributed by atoms with Crippen LogP contribution in [-0.2, 0) is 11.2 Å². The minimum atomic E-state index is -0.575. The molecule has 0 radical (unpaired) electrons. The van der Waals surface area contributed by atoms with Crippen molar-refractivity contribution < 1.29 is 19.1 Å².